The quantitative estimate of drug-likeness (QED) is 0.359. The van der Waals surface area contributed by atoms with Gasteiger partial charge in [-0.3, -0.25) is 9.59 Å². The maximum atomic E-state index is 13.2. The topological polar surface area (TPSA) is 117 Å². The summed E-state index contributed by atoms with van der Waals surface area (Å²) in [5.74, 6) is -0.404. The number of aromatic nitrogens is 1. The van der Waals surface area contributed by atoms with Crippen LogP contribution >= 0.6 is 11.3 Å². The van der Waals surface area contributed by atoms with Crippen molar-refractivity contribution < 1.29 is 36.7 Å². The van der Waals surface area contributed by atoms with Gasteiger partial charge in [-0.2, -0.15) is 13.2 Å². The third kappa shape index (κ3) is 4.92. The Labute approximate surface area is 200 Å². The van der Waals surface area contributed by atoms with Crippen molar-refractivity contribution in [3.05, 3.63) is 70.1 Å². The maximum Gasteiger partial charge on any atom is 0.433 e. The lowest BCUT2D eigenvalue weighted by Crippen LogP contribution is -2.16. The number of methoxy groups -OCH3 is 1. The Kier molecular flexibility index (Phi) is 6.39. The second-order valence-electron chi connectivity index (χ2n) is 7.33. The normalized spacial score (nSPS) is 11.5. The molecule has 0 aliphatic carbocycles. The van der Waals surface area contributed by atoms with Gasteiger partial charge in [0.25, 0.3) is 11.8 Å². The molecule has 3 N–H and O–H groups in total. The van der Waals surface area contributed by atoms with Gasteiger partial charge < -0.3 is 24.9 Å². The van der Waals surface area contributed by atoms with Crippen LogP contribution in [0.5, 0.6) is 11.5 Å². The Balaban J connectivity index is 1.59. The number of carbonyl (C=O) groups is 2. The van der Waals surface area contributed by atoms with Crippen molar-refractivity contribution in [2.45, 2.75) is 19.7 Å². The van der Waals surface area contributed by atoms with E-state index < -0.39 is 23.7 Å². The van der Waals surface area contributed by atoms with E-state index >= 15 is 0 Å². The number of ether oxygens (including phenoxy) is 2. The number of alkyl halides is 3. The zero-order valence-electron chi connectivity index (χ0n) is 18.4. The summed E-state index contributed by atoms with van der Waals surface area (Å²) in [6.45, 7) is 1.43. The highest BCUT2D eigenvalue weighted by Crippen LogP contribution is 2.40. The summed E-state index contributed by atoms with van der Waals surface area (Å²) in [7, 11) is 1.51. The van der Waals surface area contributed by atoms with Crippen LogP contribution in [0.1, 0.15) is 37.2 Å². The zero-order valence-corrected chi connectivity index (χ0v) is 19.2. The van der Waals surface area contributed by atoms with Gasteiger partial charge >= 0.3 is 6.18 Å². The lowest BCUT2D eigenvalue weighted by Gasteiger charge is -2.09. The van der Waals surface area contributed by atoms with Crippen molar-refractivity contribution in [3.8, 4) is 11.5 Å². The largest absolute Gasteiger partial charge is 0.493 e. The molecule has 8 nitrogen and oxygen atoms in total. The number of amides is 2. The van der Waals surface area contributed by atoms with Crippen LogP contribution in [0.4, 0.5) is 18.9 Å². The number of carbonyl (C=O) groups excluding carboxylic acids is 2. The SMILES string of the molecule is COc1ccccc1OCc1ccc(C(=O)Nc2c(C(N)=O)sc3nc(C(F)(F)F)cc(C)c23)o1. The monoisotopic (exact) mass is 505 g/mol. The molecule has 0 unspecified atom stereocenters. The molecule has 182 valence electrons. The van der Waals surface area contributed by atoms with Crippen LogP contribution < -0.4 is 20.5 Å². The highest BCUT2D eigenvalue weighted by molar-refractivity contribution is 7.21. The molecule has 0 saturated heterocycles. The minimum Gasteiger partial charge on any atom is -0.493 e. The number of halogens is 3. The number of nitrogens with one attached hydrogen (secondary N) is 1. The Bertz CT molecular complexity index is 1430. The van der Waals surface area contributed by atoms with Crippen LogP contribution in [0, 0.1) is 6.92 Å². The number of primary amides is 1. The van der Waals surface area contributed by atoms with E-state index in [2.05, 4.69) is 10.3 Å². The number of pyridine rings is 1. The first-order valence-corrected chi connectivity index (χ1v) is 10.9. The molecule has 4 aromatic rings. The second kappa shape index (κ2) is 9.29. The molecular formula is C23H18F3N3O5S. The van der Waals surface area contributed by atoms with Crippen molar-refractivity contribution in [3.63, 3.8) is 0 Å². The minimum atomic E-state index is -4.67. The number of thiophene rings is 1. The predicted molar refractivity (Wildman–Crippen MR) is 122 cm³/mol. The molecule has 0 saturated carbocycles. The first-order chi connectivity index (χ1) is 16.6. The van der Waals surface area contributed by atoms with E-state index in [0.717, 1.165) is 6.07 Å². The van der Waals surface area contributed by atoms with Gasteiger partial charge in [0.15, 0.2) is 17.3 Å². The van der Waals surface area contributed by atoms with E-state index in [1.165, 1.54) is 26.2 Å². The summed E-state index contributed by atoms with van der Waals surface area (Å²) in [5, 5.41) is 2.72. The highest BCUT2D eigenvalue weighted by atomic mass is 32.1. The second-order valence-corrected chi connectivity index (χ2v) is 8.33. The van der Waals surface area contributed by atoms with Gasteiger partial charge in [-0.25, -0.2) is 4.98 Å². The van der Waals surface area contributed by atoms with Crippen molar-refractivity contribution in [2.75, 3.05) is 12.4 Å². The van der Waals surface area contributed by atoms with Gasteiger partial charge in [0.05, 0.1) is 12.8 Å². The molecule has 0 fully saturated rings. The molecule has 0 radical (unpaired) electrons. The smallest absolute Gasteiger partial charge is 0.433 e. The molecule has 0 aliphatic rings. The van der Waals surface area contributed by atoms with Crippen molar-refractivity contribution in [2.24, 2.45) is 5.73 Å². The number of fused-ring (bicyclic) bond motifs is 1. The van der Waals surface area contributed by atoms with E-state index in [0.29, 0.717) is 28.6 Å². The summed E-state index contributed by atoms with van der Waals surface area (Å²) in [6, 6.07) is 10.8. The minimum absolute atomic E-state index is 0.00478. The van der Waals surface area contributed by atoms with Crippen LogP contribution in [-0.4, -0.2) is 23.9 Å². The van der Waals surface area contributed by atoms with E-state index in [-0.39, 0.29) is 38.7 Å². The fourth-order valence-corrected chi connectivity index (χ4v) is 4.42. The van der Waals surface area contributed by atoms with Gasteiger partial charge in [-0.15, -0.1) is 11.3 Å². The number of anilines is 1. The van der Waals surface area contributed by atoms with Crippen LogP contribution in [0.2, 0.25) is 0 Å². The molecule has 0 spiro atoms. The van der Waals surface area contributed by atoms with Gasteiger partial charge in [-0.1, -0.05) is 12.1 Å². The lowest BCUT2D eigenvalue weighted by atomic mass is 10.1. The number of aryl methyl sites for hydroxylation is 1. The number of rotatable bonds is 7. The molecule has 0 atom stereocenters. The fraction of sp³-hybridized carbons (Fsp3) is 0.174. The average Bonchev–Trinajstić information content (AvgIpc) is 3.42. The zero-order chi connectivity index (χ0) is 25.3. The van der Waals surface area contributed by atoms with E-state index in [1.807, 2.05) is 0 Å². The molecule has 3 heterocycles. The summed E-state index contributed by atoms with van der Waals surface area (Å²) >= 11 is 0.665. The van der Waals surface area contributed by atoms with E-state index in [4.69, 9.17) is 19.6 Å². The molecule has 0 bridgehead atoms. The van der Waals surface area contributed by atoms with Gasteiger partial charge in [0.2, 0.25) is 0 Å². The third-order valence-corrected chi connectivity index (χ3v) is 6.03. The maximum absolute atomic E-state index is 13.2. The molecule has 0 aliphatic heterocycles. The molecule has 1 aromatic carbocycles. The Hall–Kier alpha value is -4.06. The number of nitrogens with zero attached hydrogens (tertiary/aromatic N) is 1. The Morgan fingerprint density at radius 3 is 2.54 bits per heavy atom. The highest BCUT2D eigenvalue weighted by Gasteiger charge is 2.34. The standard InChI is InChI=1S/C23H18F3N3O5S/c1-11-9-16(23(24,25)26)28-22-17(11)18(19(35-22)20(27)30)29-21(31)15-8-7-12(34-15)10-33-14-6-4-3-5-13(14)32-2/h3-9H,10H2,1-2H3,(H2,27,30)(H,29,31). The molecule has 12 heteroatoms. The molecule has 2 amide bonds. The molecule has 35 heavy (non-hydrogen) atoms. The van der Waals surface area contributed by atoms with Gasteiger partial charge in [0, 0.05) is 5.39 Å². The average molecular weight is 505 g/mol. The lowest BCUT2D eigenvalue weighted by molar-refractivity contribution is -0.141. The summed E-state index contributed by atoms with van der Waals surface area (Å²) in [6.07, 6.45) is -4.67. The van der Waals surface area contributed by atoms with Crippen molar-refractivity contribution >= 4 is 39.1 Å². The number of benzene rings is 1. The molecule has 4 rings (SSSR count). The summed E-state index contributed by atoms with van der Waals surface area (Å²) in [5.41, 5.74) is 4.45. The fourth-order valence-electron chi connectivity index (χ4n) is 3.36. The third-order valence-electron chi connectivity index (χ3n) is 4.94. The van der Waals surface area contributed by atoms with Crippen LogP contribution in [0.25, 0.3) is 10.2 Å². The number of para-hydroxylation sites is 2. The van der Waals surface area contributed by atoms with Crippen molar-refractivity contribution in [1.29, 1.82) is 0 Å². The predicted octanol–water partition coefficient (Wildman–Crippen LogP) is 5.16. The first-order valence-electron chi connectivity index (χ1n) is 10.1. The van der Waals surface area contributed by atoms with E-state index in [1.54, 1.807) is 24.3 Å². The van der Waals surface area contributed by atoms with Gasteiger partial charge in [-0.05, 0) is 42.8 Å². The molecule has 3 aromatic heterocycles. The number of hydrogen-bond donors (Lipinski definition) is 2. The summed E-state index contributed by atoms with van der Waals surface area (Å²) < 4.78 is 55.9. The van der Waals surface area contributed by atoms with Crippen molar-refractivity contribution in [1.82, 2.24) is 4.98 Å². The molecular weight excluding hydrogens is 487 g/mol. The number of nitrogens with two attached hydrogens (primary N) is 1. The Morgan fingerprint density at radius 2 is 1.89 bits per heavy atom. The van der Waals surface area contributed by atoms with Crippen LogP contribution in [0.3, 0.4) is 0 Å². The van der Waals surface area contributed by atoms with Crippen LogP contribution in [-0.2, 0) is 12.8 Å². The number of furan rings is 1. The summed E-state index contributed by atoms with van der Waals surface area (Å²) in [4.78, 5) is 28.2. The van der Waals surface area contributed by atoms with Crippen LogP contribution in [0.15, 0.2) is 46.9 Å². The number of hydrogen-bond acceptors (Lipinski definition) is 7. The Morgan fingerprint density at radius 1 is 1.17 bits per heavy atom. The van der Waals surface area contributed by atoms with E-state index in [9.17, 15) is 22.8 Å². The first kappa shape index (κ1) is 24.1. The van der Waals surface area contributed by atoms with Gasteiger partial charge in [0.1, 0.15) is 27.8 Å².